The first kappa shape index (κ1) is 21.0. The van der Waals surface area contributed by atoms with Crippen LogP contribution >= 0.6 is 0 Å². The summed E-state index contributed by atoms with van der Waals surface area (Å²) >= 11 is 0. The Bertz CT molecular complexity index is 1080. The number of aryl methyl sites for hydroxylation is 1. The van der Waals surface area contributed by atoms with E-state index in [1.54, 1.807) is 7.11 Å². The third kappa shape index (κ3) is 4.10. The van der Waals surface area contributed by atoms with Gasteiger partial charge in [-0.15, -0.1) is 0 Å². The molecule has 5 rings (SSSR count). The van der Waals surface area contributed by atoms with E-state index in [1.165, 1.54) is 22.3 Å². The van der Waals surface area contributed by atoms with Gasteiger partial charge in [0.05, 0.1) is 12.8 Å². The smallest absolute Gasteiger partial charge is 0.142 e. The van der Waals surface area contributed by atoms with Crippen molar-refractivity contribution in [3.05, 3.63) is 88.7 Å². The van der Waals surface area contributed by atoms with Gasteiger partial charge >= 0.3 is 0 Å². The normalized spacial score (nSPS) is 22.7. The number of nitrogens with one attached hydrogen (secondary N) is 1. The lowest BCUT2D eigenvalue weighted by atomic mass is 9.79. The van der Waals surface area contributed by atoms with Gasteiger partial charge in [-0.2, -0.15) is 0 Å². The van der Waals surface area contributed by atoms with E-state index >= 15 is 0 Å². The second kappa shape index (κ2) is 8.93. The maximum Gasteiger partial charge on any atom is 0.142 e. The summed E-state index contributed by atoms with van der Waals surface area (Å²) in [5.74, 6) is 1.18. The van der Waals surface area contributed by atoms with Crippen molar-refractivity contribution >= 4 is 5.69 Å². The van der Waals surface area contributed by atoms with E-state index in [4.69, 9.17) is 10.5 Å². The van der Waals surface area contributed by atoms with Crippen LogP contribution < -0.4 is 15.8 Å². The Hall–Kier alpha value is -2.89. The highest BCUT2D eigenvalue weighted by Gasteiger charge is 2.39. The van der Waals surface area contributed by atoms with Crippen LogP contribution in [0.4, 0.5) is 5.69 Å². The van der Waals surface area contributed by atoms with Crippen molar-refractivity contribution in [3.8, 4) is 5.75 Å². The predicted molar refractivity (Wildman–Crippen MR) is 129 cm³/mol. The number of hydrogen-bond donors (Lipinski definition) is 2. The van der Waals surface area contributed by atoms with Crippen LogP contribution in [0.3, 0.4) is 0 Å². The Kier molecular flexibility index (Phi) is 5.85. The molecule has 0 radical (unpaired) electrons. The lowest BCUT2D eigenvalue weighted by Gasteiger charge is -2.46. The number of methoxy groups -OCH3 is 1. The average molecular weight is 429 g/mol. The average Bonchev–Trinajstić information content (AvgIpc) is 2.82. The van der Waals surface area contributed by atoms with Crippen LogP contribution in [0.5, 0.6) is 5.75 Å². The lowest BCUT2D eigenvalue weighted by Crippen LogP contribution is -2.50. The van der Waals surface area contributed by atoms with Crippen LogP contribution in [-0.2, 0) is 13.0 Å². The first-order valence-corrected chi connectivity index (χ1v) is 11.5. The molecular formula is C27H32N4O. The van der Waals surface area contributed by atoms with Crippen LogP contribution in [0.15, 0.2) is 60.8 Å². The molecule has 1 aromatic heterocycles. The molecule has 0 amide bonds. The Morgan fingerprint density at radius 2 is 2.00 bits per heavy atom. The topological polar surface area (TPSA) is 63.4 Å². The lowest BCUT2D eigenvalue weighted by molar-refractivity contribution is 0.108. The second-order valence-electron chi connectivity index (χ2n) is 9.12. The van der Waals surface area contributed by atoms with E-state index in [0.29, 0.717) is 6.04 Å². The molecule has 3 N–H and O–H groups in total. The monoisotopic (exact) mass is 428 g/mol. The van der Waals surface area contributed by atoms with Crippen molar-refractivity contribution in [1.29, 1.82) is 0 Å². The highest BCUT2D eigenvalue weighted by molar-refractivity contribution is 5.61. The third-order valence-corrected chi connectivity index (χ3v) is 7.02. The van der Waals surface area contributed by atoms with Gasteiger partial charge in [0, 0.05) is 49.5 Å². The summed E-state index contributed by atoms with van der Waals surface area (Å²) in [6.45, 7) is 4.91. The molecule has 0 bridgehead atoms. The zero-order chi connectivity index (χ0) is 22.1. The highest BCUT2D eigenvalue weighted by atomic mass is 16.5. The maximum absolute atomic E-state index is 6.73. The first-order valence-electron chi connectivity index (χ1n) is 11.5. The fraction of sp³-hybridized carbons (Fsp3) is 0.370. The van der Waals surface area contributed by atoms with Crippen molar-refractivity contribution < 1.29 is 4.74 Å². The molecule has 0 spiro atoms. The van der Waals surface area contributed by atoms with Crippen LogP contribution in [0.1, 0.15) is 46.3 Å². The second-order valence-corrected chi connectivity index (χ2v) is 9.12. The number of hydrogen-bond acceptors (Lipinski definition) is 5. The van der Waals surface area contributed by atoms with Gasteiger partial charge in [0.1, 0.15) is 5.75 Å². The summed E-state index contributed by atoms with van der Waals surface area (Å²) in [5, 5.41) is 3.57. The maximum atomic E-state index is 6.73. The number of fused-ring (bicyclic) bond motifs is 3. The van der Waals surface area contributed by atoms with E-state index in [9.17, 15) is 0 Å². The number of ether oxygens (including phenoxy) is 1. The molecule has 166 valence electrons. The Morgan fingerprint density at radius 3 is 2.78 bits per heavy atom. The van der Waals surface area contributed by atoms with Crippen molar-refractivity contribution in [2.75, 3.05) is 25.5 Å². The number of aromatic nitrogens is 1. The molecule has 3 aromatic rings. The zero-order valence-corrected chi connectivity index (χ0v) is 18.9. The minimum Gasteiger partial charge on any atom is -0.495 e. The van der Waals surface area contributed by atoms with E-state index < -0.39 is 0 Å². The van der Waals surface area contributed by atoms with Crippen LogP contribution in [0, 0.1) is 6.92 Å². The first-order chi connectivity index (χ1) is 15.6. The number of pyridine rings is 1. The predicted octanol–water partition coefficient (Wildman–Crippen LogP) is 4.42. The molecule has 3 atom stereocenters. The fourth-order valence-electron chi connectivity index (χ4n) is 5.26. The molecular weight excluding hydrogens is 396 g/mol. The number of piperidine rings is 1. The minimum absolute atomic E-state index is 0.0957. The summed E-state index contributed by atoms with van der Waals surface area (Å²) in [6.07, 6.45) is 3.89. The number of rotatable bonds is 5. The van der Waals surface area contributed by atoms with Crippen molar-refractivity contribution in [2.45, 2.75) is 44.3 Å². The minimum atomic E-state index is 0.0957. The number of nitrogens with two attached hydrogens (primary N) is 1. The number of anilines is 1. The van der Waals surface area contributed by atoms with Crippen LogP contribution in [-0.4, -0.2) is 36.1 Å². The quantitative estimate of drug-likeness (QED) is 0.630. The van der Waals surface area contributed by atoms with Gasteiger partial charge in [0.2, 0.25) is 0 Å². The summed E-state index contributed by atoms with van der Waals surface area (Å²) in [7, 11) is 1.75. The number of benzene rings is 2. The van der Waals surface area contributed by atoms with Gasteiger partial charge in [-0.1, -0.05) is 30.3 Å². The molecule has 2 aliphatic heterocycles. The standard InChI is InChI=1S/C27H32N4O/c1-18-8-10-29-24(12-18)22-17-31-11-9-20-13-25(30-16-19-6-4-3-5-7-19)27(32-2)14-21(20)26(31)15-23(22)28/h3-8,10,12-14,22-23,26,30H,9,11,15-17,28H2,1-2H3/t22-,23-,26-/m1/s1. The SMILES string of the molecule is COc1cc2c(cc1NCc1ccccc1)CCN1C[C@@H](c3cc(C)ccn3)[C@H](N)C[C@H]21. The highest BCUT2D eigenvalue weighted by Crippen LogP contribution is 2.43. The Morgan fingerprint density at radius 1 is 1.16 bits per heavy atom. The van der Waals surface area contributed by atoms with Gasteiger partial charge in [-0.25, -0.2) is 0 Å². The van der Waals surface area contributed by atoms with Crippen molar-refractivity contribution in [2.24, 2.45) is 5.73 Å². The summed E-state index contributed by atoms with van der Waals surface area (Å²) in [5.41, 5.74) is 14.2. The van der Waals surface area contributed by atoms with E-state index in [0.717, 1.165) is 49.6 Å². The molecule has 2 aliphatic rings. The van der Waals surface area contributed by atoms with E-state index in [2.05, 4.69) is 64.6 Å². The molecule has 1 fully saturated rings. The third-order valence-electron chi connectivity index (χ3n) is 7.02. The van der Waals surface area contributed by atoms with E-state index in [-0.39, 0.29) is 12.0 Å². The zero-order valence-electron chi connectivity index (χ0n) is 18.9. The Balaban J connectivity index is 1.38. The van der Waals surface area contributed by atoms with Crippen molar-refractivity contribution in [1.82, 2.24) is 9.88 Å². The molecule has 0 saturated carbocycles. The summed E-state index contributed by atoms with van der Waals surface area (Å²) < 4.78 is 5.79. The van der Waals surface area contributed by atoms with Gasteiger partial charge in [-0.3, -0.25) is 9.88 Å². The number of nitrogens with zero attached hydrogens (tertiary/aromatic N) is 2. The van der Waals surface area contributed by atoms with Crippen LogP contribution in [0.2, 0.25) is 0 Å². The Labute approximate surface area is 190 Å². The molecule has 5 nitrogen and oxygen atoms in total. The van der Waals surface area contributed by atoms with Gasteiger partial charge in [0.25, 0.3) is 0 Å². The molecule has 0 unspecified atom stereocenters. The molecule has 1 saturated heterocycles. The molecule has 0 aliphatic carbocycles. The van der Waals surface area contributed by atoms with E-state index in [1.807, 2.05) is 18.3 Å². The molecule has 5 heteroatoms. The van der Waals surface area contributed by atoms with Crippen LogP contribution in [0.25, 0.3) is 0 Å². The fourth-order valence-corrected chi connectivity index (χ4v) is 5.26. The summed E-state index contributed by atoms with van der Waals surface area (Å²) in [4.78, 5) is 7.24. The molecule has 2 aromatic carbocycles. The largest absolute Gasteiger partial charge is 0.495 e. The molecule has 3 heterocycles. The van der Waals surface area contributed by atoms with Gasteiger partial charge in [-0.05, 0) is 66.3 Å². The molecule has 32 heavy (non-hydrogen) atoms. The summed E-state index contributed by atoms with van der Waals surface area (Å²) in [6, 6.07) is 19.7. The van der Waals surface area contributed by atoms with Gasteiger partial charge < -0.3 is 15.8 Å². The van der Waals surface area contributed by atoms with Crippen molar-refractivity contribution in [3.63, 3.8) is 0 Å². The van der Waals surface area contributed by atoms with Gasteiger partial charge in [0.15, 0.2) is 0 Å².